The van der Waals surface area contributed by atoms with Crippen LogP contribution in [0.1, 0.15) is 47.9 Å². The summed E-state index contributed by atoms with van der Waals surface area (Å²) in [6.07, 6.45) is 1.67. The normalized spacial score (nSPS) is 22.1. The first-order valence-corrected chi connectivity index (χ1v) is 6.92. The first-order chi connectivity index (χ1) is 9.42. The molecule has 1 aromatic rings. The lowest BCUT2D eigenvalue weighted by atomic mass is 9.92. The van der Waals surface area contributed by atoms with Gasteiger partial charge in [-0.25, -0.2) is 4.79 Å². The van der Waals surface area contributed by atoms with Crippen molar-refractivity contribution in [2.75, 3.05) is 6.54 Å². The number of rotatable bonds is 3. The Morgan fingerprint density at radius 2 is 2.10 bits per heavy atom. The molecule has 1 atom stereocenters. The smallest absolute Gasteiger partial charge is 0.329 e. The molecule has 0 saturated carbocycles. The highest BCUT2D eigenvalue weighted by Crippen LogP contribution is 2.34. The molecule has 1 fully saturated rings. The molecule has 1 unspecified atom stereocenters. The predicted octanol–water partition coefficient (Wildman–Crippen LogP) is 2.17. The minimum Gasteiger partial charge on any atom is -0.479 e. The van der Waals surface area contributed by atoms with E-state index in [9.17, 15) is 14.7 Å². The van der Waals surface area contributed by atoms with E-state index in [0.717, 1.165) is 12.1 Å². The van der Waals surface area contributed by atoms with Gasteiger partial charge in [-0.1, -0.05) is 6.92 Å². The highest BCUT2D eigenvalue weighted by atomic mass is 16.4. The van der Waals surface area contributed by atoms with Gasteiger partial charge >= 0.3 is 5.97 Å². The summed E-state index contributed by atoms with van der Waals surface area (Å²) in [7, 11) is 0. The van der Waals surface area contributed by atoms with E-state index in [4.69, 9.17) is 0 Å². The van der Waals surface area contributed by atoms with Crippen LogP contribution in [0.4, 0.5) is 0 Å². The Morgan fingerprint density at radius 1 is 1.40 bits per heavy atom. The summed E-state index contributed by atoms with van der Waals surface area (Å²) in [4.78, 5) is 30.1. The number of pyridine rings is 1. The van der Waals surface area contributed by atoms with Crippen molar-refractivity contribution in [3.05, 3.63) is 29.1 Å². The number of aromatic nitrogens is 1. The number of hydrogen-bond acceptors (Lipinski definition) is 3. The molecule has 20 heavy (non-hydrogen) atoms. The summed E-state index contributed by atoms with van der Waals surface area (Å²) in [6.45, 7) is 5.96. The largest absolute Gasteiger partial charge is 0.479 e. The first kappa shape index (κ1) is 14.5. The van der Waals surface area contributed by atoms with Crippen molar-refractivity contribution in [3.8, 4) is 0 Å². The molecule has 1 aliphatic rings. The van der Waals surface area contributed by atoms with Gasteiger partial charge in [-0.2, -0.15) is 0 Å². The molecule has 1 saturated heterocycles. The average Bonchev–Trinajstić information content (AvgIpc) is 2.83. The molecule has 5 nitrogen and oxygen atoms in total. The number of carboxylic acid groups (broad SMARTS) is 1. The highest BCUT2D eigenvalue weighted by molar-refractivity contribution is 5.99. The maximum absolute atomic E-state index is 12.7. The van der Waals surface area contributed by atoms with E-state index in [1.54, 1.807) is 19.1 Å². The van der Waals surface area contributed by atoms with Crippen molar-refractivity contribution in [3.63, 3.8) is 0 Å². The van der Waals surface area contributed by atoms with Crippen LogP contribution in [0, 0.1) is 13.8 Å². The van der Waals surface area contributed by atoms with E-state index < -0.39 is 11.5 Å². The number of aryl methyl sites for hydroxylation is 2. The summed E-state index contributed by atoms with van der Waals surface area (Å²) >= 11 is 0. The molecule has 1 aromatic heterocycles. The Kier molecular flexibility index (Phi) is 3.79. The first-order valence-electron chi connectivity index (χ1n) is 6.92. The van der Waals surface area contributed by atoms with Gasteiger partial charge in [-0.05, 0) is 45.2 Å². The van der Waals surface area contributed by atoms with E-state index in [0.29, 0.717) is 30.6 Å². The van der Waals surface area contributed by atoms with E-state index in [1.807, 2.05) is 13.8 Å². The topological polar surface area (TPSA) is 70.5 Å². The van der Waals surface area contributed by atoms with E-state index in [2.05, 4.69) is 4.98 Å². The van der Waals surface area contributed by atoms with Crippen molar-refractivity contribution in [1.29, 1.82) is 0 Å². The second-order valence-electron chi connectivity index (χ2n) is 5.34. The van der Waals surface area contributed by atoms with Crippen LogP contribution >= 0.6 is 0 Å². The number of hydrogen-bond donors (Lipinski definition) is 1. The van der Waals surface area contributed by atoms with Gasteiger partial charge in [-0.15, -0.1) is 0 Å². The summed E-state index contributed by atoms with van der Waals surface area (Å²) in [5, 5.41) is 9.53. The molecule has 0 spiro atoms. The van der Waals surface area contributed by atoms with E-state index in [1.165, 1.54) is 4.90 Å². The zero-order valence-corrected chi connectivity index (χ0v) is 12.1. The highest BCUT2D eigenvalue weighted by Gasteiger charge is 2.48. The number of carboxylic acids is 1. The lowest BCUT2D eigenvalue weighted by Crippen LogP contribution is -2.52. The second-order valence-corrected chi connectivity index (χ2v) is 5.34. The zero-order valence-electron chi connectivity index (χ0n) is 12.1. The van der Waals surface area contributed by atoms with Crippen molar-refractivity contribution in [1.82, 2.24) is 9.88 Å². The Morgan fingerprint density at radius 3 is 2.65 bits per heavy atom. The van der Waals surface area contributed by atoms with Gasteiger partial charge in [0.25, 0.3) is 5.91 Å². The van der Waals surface area contributed by atoms with Crippen molar-refractivity contribution in [2.24, 2.45) is 0 Å². The summed E-state index contributed by atoms with van der Waals surface area (Å²) < 4.78 is 0. The molecule has 5 heteroatoms. The Hall–Kier alpha value is -1.91. The van der Waals surface area contributed by atoms with Crippen molar-refractivity contribution in [2.45, 2.75) is 45.6 Å². The number of carbonyl (C=O) groups is 2. The average molecular weight is 276 g/mol. The summed E-state index contributed by atoms with van der Waals surface area (Å²) in [6, 6.07) is 3.52. The molecule has 1 aliphatic heterocycles. The molecule has 0 aliphatic carbocycles. The van der Waals surface area contributed by atoms with Gasteiger partial charge in [-0.3, -0.25) is 9.78 Å². The molecule has 2 rings (SSSR count). The SMILES string of the molecule is CCC1(C(=O)O)CCCN1C(=O)c1ccc(C)nc1C. The number of carbonyl (C=O) groups excluding carboxylic acids is 1. The lowest BCUT2D eigenvalue weighted by molar-refractivity contribution is -0.148. The third-order valence-electron chi connectivity index (χ3n) is 4.17. The Labute approximate surface area is 118 Å². The monoisotopic (exact) mass is 276 g/mol. The summed E-state index contributed by atoms with van der Waals surface area (Å²) in [5.41, 5.74) is 0.934. The van der Waals surface area contributed by atoms with Crippen LogP contribution in [-0.4, -0.2) is 39.0 Å². The molecular weight excluding hydrogens is 256 g/mol. The van der Waals surface area contributed by atoms with Gasteiger partial charge in [0.2, 0.25) is 0 Å². The lowest BCUT2D eigenvalue weighted by Gasteiger charge is -2.34. The molecule has 108 valence electrons. The standard InChI is InChI=1S/C15H20N2O3/c1-4-15(14(19)20)8-5-9-17(15)13(18)12-7-6-10(2)16-11(12)3/h6-7H,4-5,8-9H2,1-3H3,(H,19,20). The fourth-order valence-corrected chi connectivity index (χ4v) is 2.97. The number of amides is 1. The van der Waals surface area contributed by atoms with E-state index >= 15 is 0 Å². The van der Waals surface area contributed by atoms with Crippen LogP contribution in [0.3, 0.4) is 0 Å². The van der Waals surface area contributed by atoms with Crippen molar-refractivity contribution >= 4 is 11.9 Å². The van der Waals surface area contributed by atoms with Crippen LogP contribution in [0.5, 0.6) is 0 Å². The van der Waals surface area contributed by atoms with Gasteiger partial charge in [0, 0.05) is 12.2 Å². The maximum atomic E-state index is 12.7. The van der Waals surface area contributed by atoms with Crippen LogP contribution < -0.4 is 0 Å². The number of nitrogens with zero attached hydrogens (tertiary/aromatic N) is 2. The number of likely N-dealkylation sites (tertiary alicyclic amines) is 1. The van der Waals surface area contributed by atoms with Gasteiger partial charge in [0.1, 0.15) is 5.54 Å². The fourth-order valence-electron chi connectivity index (χ4n) is 2.97. The Balaban J connectivity index is 2.39. The summed E-state index contributed by atoms with van der Waals surface area (Å²) in [5.74, 6) is -1.14. The van der Waals surface area contributed by atoms with Crippen LogP contribution in [0.2, 0.25) is 0 Å². The molecule has 2 heterocycles. The van der Waals surface area contributed by atoms with Gasteiger partial charge in [0.15, 0.2) is 0 Å². The van der Waals surface area contributed by atoms with Gasteiger partial charge < -0.3 is 10.0 Å². The molecule has 0 radical (unpaired) electrons. The van der Waals surface area contributed by atoms with Crippen LogP contribution in [-0.2, 0) is 4.79 Å². The third kappa shape index (κ3) is 2.17. The predicted molar refractivity (Wildman–Crippen MR) is 74.6 cm³/mol. The Bertz CT molecular complexity index is 556. The third-order valence-corrected chi connectivity index (χ3v) is 4.17. The minimum absolute atomic E-state index is 0.225. The van der Waals surface area contributed by atoms with Crippen molar-refractivity contribution < 1.29 is 14.7 Å². The molecule has 1 amide bonds. The minimum atomic E-state index is -1.06. The molecule has 1 N–H and O–H groups in total. The zero-order chi connectivity index (χ0) is 14.9. The second kappa shape index (κ2) is 5.23. The molecule has 0 aromatic carbocycles. The van der Waals surface area contributed by atoms with Crippen LogP contribution in [0.25, 0.3) is 0 Å². The number of aliphatic carboxylic acids is 1. The molecular formula is C15H20N2O3. The fraction of sp³-hybridized carbons (Fsp3) is 0.533. The van der Waals surface area contributed by atoms with Crippen LogP contribution in [0.15, 0.2) is 12.1 Å². The molecule has 0 bridgehead atoms. The van der Waals surface area contributed by atoms with Gasteiger partial charge in [0.05, 0.1) is 11.3 Å². The quantitative estimate of drug-likeness (QED) is 0.918. The van der Waals surface area contributed by atoms with E-state index in [-0.39, 0.29) is 5.91 Å². The maximum Gasteiger partial charge on any atom is 0.329 e.